The topological polar surface area (TPSA) is 47.3 Å². The normalized spacial score (nSPS) is 12.3. The number of nitrogens with one attached hydrogen (secondary N) is 1. The first-order valence-corrected chi connectivity index (χ1v) is 6.61. The molecule has 0 aliphatic rings. The highest BCUT2D eigenvalue weighted by molar-refractivity contribution is 6.30. The number of ether oxygens (including phenoxy) is 1. The Bertz CT molecular complexity index is 664. The summed E-state index contributed by atoms with van der Waals surface area (Å²) in [6, 6.07) is 7.08. The van der Waals surface area contributed by atoms with Gasteiger partial charge in [0.2, 0.25) is 0 Å². The van der Waals surface area contributed by atoms with Gasteiger partial charge in [0.05, 0.1) is 13.2 Å². The predicted molar refractivity (Wildman–Crippen MR) is 78.3 cm³/mol. The van der Waals surface area contributed by atoms with Gasteiger partial charge in [-0.1, -0.05) is 23.7 Å². The van der Waals surface area contributed by atoms with Crippen LogP contribution in [-0.4, -0.2) is 7.11 Å². The van der Waals surface area contributed by atoms with E-state index in [-0.39, 0.29) is 11.1 Å². The molecule has 1 unspecified atom stereocenters. The summed E-state index contributed by atoms with van der Waals surface area (Å²) in [6.07, 6.45) is 0. The van der Waals surface area contributed by atoms with Gasteiger partial charge in [-0.15, -0.1) is 0 Å². The van der Waals surface area contributed by atoms with Crippen molar-refractivity contribution in [3.05, 3.63) is 63.7 Å². The minimum Gasteiger partial charge on any atom is -0.496 e. The Labute approximate surface area is 126 Å². The Hall–Kier alpha value is -1.69. The molecule has 0 heterocycles. The third-order valence-corrected chi connectivity index (χ3v) is 3.52. The van der Waals surface area contributed by atoms with Crippen LogP contribution in [0.15, 0.2) is 30.3 Å². The van der Waals surface area contributed by atoms with Crippen molar-refractivity contribution in [3.8, 4) is 5.75 Å². The van der Waals surface area contributed by atoms with E-state index in [1.54, 1.807) is 18.2 Å². The molecule has 2 aromatic rings. The van der Waals surface area contributed by atoms with Crippen molar-refractivity contribution in [2.24, 2.45) is 5.84 Å². The van der Waals surface area contributed by atoms with Crippen molar-refractivity contribution in [2.75, 3.05) is 7.11 Å². The summed E-state index contributed by atoms with van der Waals surface area (Å²) in [5.74, 6) is 4.17. The van der Waals surface area contributed by atoms with Crippen LogP contribution in [-0.2, 0) is 0 Å². The molecule has 0 radical (unpaired) electrons. The zero-order valence-corrected chi connectivity index (χ0v) is 12.3. The molecule has 0 fully saturated rings. The van der Waals surface area contributed by atoms with Crippen molar-refractivity contribution in [3.63, 3.8) is 0 Å². The number of hydrogen-bond donors (Lipinski definition) is 2. The van der Waals surface area contributed by atoms with Gasteiger partial charge in [0, 0.05) is 16.1 Å². The van der Waals surface area contributed by atoms with E-state index in [4.69, 9.17) is 22.2 Å². The maximum atomic E-state index is 14.2. The quantitative estimate of drug-likeness (QED) is 0.671. The van der Waals surface area contributed by atoms with Gasteiger partial charge in [-0.3, -0.25) is 5.84 Å². The van der Waals surface area contributed by atoms with Crippen molar-refractivity contribution < 1.29 is 13.5 Å². The lowest BCUT2D eigenvalue weighted by Crippen LogP contribution is -2.30. The van der Waals surface area contributed by atoms with Crippen molar-refractivity contribution >= 4 is 11.6 Å². The third kappa shape index (κ3) is 3.00. The van der Waals surface area contributed by atoms with Gasteiger partial charge < -0.3 is 4.74 Å². The molecule has 1 atom stereocenters. The Kier molecular flexibility index (Phi) is 4.77. The van der Waals surface area contributed by atoms with Crippen LogP contribution in [0.5, 0.6) is 5.75 Å². The predicted octanol–water partition coefficient (Wildman–Crippen LogP) is 3.49. The van der Waals surface area contributed by atoms with Gasteiger partial charge in [-0.05, 0) is 30.7 Å². The second-order valence-corrected chi connectivity index (χ2v) is 5.02. The lowest BCUT2D eigenvalue weighted by molar-refractivity contribution is 0.402. The molecular weight excluding hydrogens is 298 g/mol. The molecule has 3 N–H and O–H groups in total. The molecule has 0 amide bonds. The van der Waals surface area contributed by atoms with Crippen LogP contribution in [0.1, 0.15) is 22.7 Å². The highest BCUT2D eigenvalue weighted by Crippen LogP contribution is 2.33. The molecule has 2 aromatic carbocycles. The monoisotopic (exact) mass is 312 g/mol. The van der Waals surface area contributed by atoms with E-state index in [0.29, 0.717) is 16.3 Å². The molecule has 3 nitrogen and oxygen atoms in total. The zero-order chi connectivity index (χ0) is 15.6. The number of aryl methyl sites for hydroxylation is 1. The molecule has 6 heteroatoms. The van der Waals surface area contributed by atoms with Crippen molar-refractivity contribution in [2.45, 2.75) is 13.0 Å². The van der Waals surface area contributed by atoms with Gasteiger partial charge in [-0.25, -0.2) is 14.2 Å². The Balaban J connectivity index is 2.60. The minimum atomic E-state index is -0.944. The standard InChI is InChI=1S/C15H15ClF2N2O/c1-8-3-5-10(14(18)13(8)17)15(20-19)11-7-9(16)4-6-12(11)21-2/h3-7,15,20H,19H2,1-2H3. The lowest BCUT2D eigenvalue weighted by Gasteiger charge is -2.21. The maximum absolute atomic E-state index is 14.2. The molecule has 0 saturated heterocycles. The zero-order valence-electron chi connectivity index (χ0n) is 11.6. The van der Waals surface area contributed by atoms with Gasteiger partial charge >= 0.3 is 0 Å². The summed E-state index contributed by atoms with van der Waals surface area (Å²) >= 11 is 5.97. The van der Waals surface area contributed by atoms with Crippen LogP contribution < -0.4 is 16.0 Å². The molecule has 21 heavy (non-hydrogen) atoms. The third-order valence-electron chi connectivity index (χ3n) is 3.29. The minimum absolute atomic E-state index is 0.0844. The van der Waals surface area contributed by atoms with Gasteiger partial charge in [0.25, 0.3) is 0 Å². The van der Waals surface area contributed by atoms with Crippen LogP contribution in [0.4, 0.5) is 8.78 Å². The number of benzene rings is 2. The fraction of sp³-hybridized carbons (Fsp3) is 0.200. The average molecular weight is 313 g/mol. The SMILES string of the molecule is COc1ccc(Cl)cc1C(NN)c1ccc(C)c(F)c1F. The van der Waals surface area contributed by atoms with Crippen LogP contribution in [0, 0.1) is 18.6 Å². The second-order valence-electron chi connectivity index (χ2n) is 4.59. The Morgan fingerprint density at radius 1 is 1.14 bits per heavy atom. The summed E-state index contributed by atoms with van der Waals surface area (Å²) < 4.78 is 33.2. The molecule has 2 rings (SSSR count). The summed E-state index contributed by atoms with van der Waals surface area (Å²) in [7, 11) is 1.48. The van der Waals surface area contributed by atoms with Crippen LogP contribution >= 0.6 is 11.6 Å². The molecule has 0 saturated carbocycles. The highest BCUT2D eigenvalue weighted by atomic mass is 35.5. The number of hydrogen-bond acceptors (Lipinski definition) is 3. The first-order valence-electron chi connectivity index (χ1n) is 6.23. The second kappa shape index (κ2) is 6.39. The summed E-state index contributed by atoms with van der Waals surface area (Å²) in [5, 5.41) is 0.444. The number of rotatable bonds is 4. The number of hydrazine groups is 1. The Morgan fingerprint density at radius 3 is 2.48 bits per heavy atom. The van der Waals surface area contributed by atoms with E-state index in [0.717, 1.165) is 0 Å². The fourth-order valence-corrected chi connectivity index (χ4v) is 2.34. The van der Waals surface area contributed by atoms with Gasteiger partial charge in [0.15, 0.2) is 11.6 Å². The first-order chi connectivity index (χ1) is 9.99. The highest BCUT2D eigenvalue weighted by Gasteiger charge is 2.23. The first kappa shape index (κ1) is 15.7. The van der Waals surface area contributed by atoms with E-state index in [9.17, 15) is 8.78 Å². The van der Waals surface area contributed by atoms with Crippen LogP contribution in [0.3, 0.4) is 0 Å². The van der Waals surface area contributed by atoms with Crippen molar-refractivity contribution in [1.82, 2.24) is 5.43 Å². The summed E-state index contributed by atoms with van der Waals surface area (Å²) in [4.78, 5) is 0. The van der Waals surface area contributed by atoms with E-state index in [1.807, 2.05) is 0 Å². The molecule has 112 valence electrons. The van der Waals surface area contributed by atoms with Crippen LogP contribution in [0.2, 0.25) is 5.02 Å². The molecule has 0 aliphatic heterocycles. The van der Waals surface area contributed by atoms with E-state index >= 15 is 0 Å². The molecule has 0 bridgehead atoms. The van der Waals surface area contributed by atoms with Gasteiger partial charge in [-0.2, -0.15) is 0 Å². The lowest BCUT2D eigenvalue weighted by atomic mass is 9.96. The van der Waals surface area contributed by atoms with Gasteiger partial charge in [0.1, 0.15) is 5.75 Å². The summed E-state index contributed by atoms with van der Waals surface area (Å²) in [6.45, 7) is 1.49. The maximum Gasteiger partial charge on any atom is 0.164 e. The number of halogens is 3. The largest absolute Gasteiger partial charge is 0.496 e. The Morgan fingerprint density at radius 2 is 1.86 bits per heavy atom. The van der Waals surface area contributed by atoms with E-state index in [2.05, 4.69) is 5.43 Å². The molecule has 0 aromatic heterocycles. The average Bonchev–Trinajstić information content (AvgIpc) is 2.48. The molecule has 0 spiro atoms. The fourth-order valence-electron chi connectivity index (χ4n) is 2.16. The van der Waals surface area contributed by atoms with Crippen LogP contribution in [0.25, 0.3) is 0 Å². The molecule has 0 aliphatic carbocycles. The van der Waals surface area contributed by atoms with E-state index in [1.165, 1.54) is 26.2 Å². The smallest absolute Gasteiger partial charge is 0.164 e. The number of methoxy groups -OCH3 is 1. The molecular formula is C15H15ClF2N2O. The van der Waals surface area contributed by atoms with E-state index < -0.39 is 17.7 Å². The number of nitrogens with two attached hydrogens (primary N) is 1. The van der Waals surface area contributed by atoms with Crippen molar-refractivity contribution in [1.29, 1.82) is 0 Å². The summed E-state index contributed by atoms with van der Waals surface area (Å²) in [5.41, 5.74) is 3.31.